The lowest BCUT2D eigenvalue weighted by Crippen LogP contribution is -2.14. The summed E-state index contributed by atoms with van der Waals surface area (Å²) in [4.78, 5) is 4.23. The third kappa shape index (κ3) is 8.27. The Balaban J connectivity index is 2.26. The second-order valence-electron chi connectivity index (χ2n) is 5.41. The van der Waals surface area contributed by atoms with Gasteiger partial charge < -0.3 is 10.1 Å². The molecule has 3 nitrogen and oxygen atoms in total. The predicted octanol–water partition coefficient (Wildman–Crippen LogP) is 4.97. The first-order valence-electron chi connectivity index (χ1n) is 8.25. The minimum absolute atomic E-state index is 0.682. The largest absolute Gasteiger partial charge is 0.478 e. The molecular formula is C17H29ClN2O. The molecule has 0 saturated heterocycles. The van der Waals surface area contributed by atoms with E-state index in [1.165, 1.54) is 32.1 Å². The zero-order valence-electron chi connectivity index (χ0n) is 13.5. The molecule has 0 aliphatic carbocycles. The van der Waals surface area contributed by atoms with Crippen molar-refractivity contribution >= 4 is 11.6 Å². The summed E-state index contributed by atoms with van der Waals surface area (Å²) in [5.74, 6) is 0.682. The van der Waals surface area contributed by atoms with Crippen LogP contribution in [0.3, 0.4) is 0 Å². The van der Waals surface area contributed by atoms with Gasteiger partial charge in [-0.2, -0.15) is 0 Å². The van der Waals surface area contributed by atoms with Crippen LogP contribution in [0.25, 0.3) is 0 Å². The average molecular weight is 313 g/mol. The monoisotopic (exact) mass is 312 g/mol. The molecule has 0 aromatic carbocycles. The van der Waals surface area contributed by atoms with Crippen LogP contribution in [0.5, 0.6) is 5.88 Å². The maximum absolute atomic E-state index is 6.15. The van der Waals surface area contributed by atoms with Gasteiger partial charge in [0.2, 0.25) is 5.88 Å². The van der Waals surface area contributed by atoms with Crippen LogP contribution in [0.2, 0.25) is 5.02 Å². The maximum atomic E-state index is 6.15. The number of unbranched alkanes of at least 4 members (excludes halogenated alkanes) is 5. The molecule has 0 aliphatic heterocycles. The summed E-state index contributed by atoms with van der Waals surface area (Å²) in [6, 6.07) is 1.95. The number of nitrogens with one attached hydrogen (secondary N) is 1. The van der Waals surface area contributed by atoms with E-state index >= 15 is 0 Å². The molecule has 0 amide bonds. The van der Waals surface area contributed by atoms with Gasteiger partial charge in [0, 0.05) is 18.8 Å². The van der Waals surface area contributed by atoms with Gasteiger partial charge in [-0.05, 0) is 24.9 Å². The maximum Gasteiger partial charge on any atom is 0.213 e. The third-order valence-corrected chi connectivity index (χ3v) is 3.74. The first-order valence-corrected chi connectivity index (χ1v) is 8.63. The molecule has 0 unspecified atom stereocenters. The zero-order chi connectivity index (χ0) is 15.3. The standard InChI is InChI=1S/C17H29ClN2O/c1-3-5-6-7-8-9-11-21-17-12-15(13-19-10-4-2)16(18)14-20-17/h12,14,19H,3-11,13H2,1-2H3. The Labute approximate surface area is 134 Å². The Kier molecular flexibility index (Phi) is 10.3. The van der Waals surface area contributed by atoms with E-state index in [0.29, 0.717) is 10.9 Å². The summed E-state index contributed by atoms with van der Waals surface area (Å²) in [7, 11) is 0. The van der Waals surface area contributed by atoms with Crippen molar-refractivity contribution in [1.82, 2.24) is 10.3 Å². The van der Waals surface area contributed by atoms with Gasteiger partial charge in [0.25, 0.3) is 0 Å². The quantitative estimate of drug-likeness (QED) is 0.553. The number of halogens is 1. The Morgan fingerprint density at radius 1 is 1.10 bits per heavy atom. The first kappa shape index (κ1) is 18.2. The van der Waals surface area contributed by atoms with Gasteiger partial charge in [-0.15, -0.1) is 0 Å². The summed E-state index contributed by atoms with van der Waals surface area (Å²) in [5, 5.41) is 4.05. The zero-order valence-corrected chi connectivity index (χ0v) is 14.2. The third-order valence-electron chi connectivity index (χ3n) is 3.40. The van der Waals surface area contributed by atoms with Gasteiger partial charge in [-0.1, -0.05) is 57.6 Å². The van der Waals surface area contributed by atoms with Crippen molar-refractivity contribution < 1.29 is 4.74 Å². The molecule has 120 valence electrons. The minimum atomic E-state index is 0.682. The average Bonchev–Trinajstić information content (AvgIpc) is 2.49. The van der Waals surface area contributed by atoms with Crippen molar-refractivity contribution in [3.05, 3.63) is 22.8 Å². The number of rotatable bonds is 12. The van der Waals surface area contributed by atoms with E-state index in [4.69, 9.17) is 16.3 Å². The van der Waals surface area contributed by atoms with E-state index in [1.807, 2.05) is 6.07 Å². The van der Waals surface area contributed by atoms with E-state index in [-0.39, 0.29) is 0 Å². The topological polar surface area (TPSA) is 34.1 Å². The molecule has 0 bridgehead atoms. The smallest absolute Gasteiger partial charge is 0.213 e. The van der Waals surface area contributed by atoms with E-state index in [1.54, 1.807) is 6.20 Å². The molecule has 1 aromatic heterocycles. The van der Waals surface area contributed by atoms with Gasteiger partial charge in [0.15, 0.2) is 0 Å². The van der Waals surface area contributed by atoms with Gasteiger partial charge in [-0.25, -0.2) is 4.98 Å². The Bertz CT molecular complexity index is 385. The van der Waals surface area contributed by atoms with Gasteiger partial charge in [0.1, 0.15) is 0 Å². The highest BCUT2D eigenvalue weighted by Gasteiger charge is 2.04. The Hall–Kier alpha value is -0.800. The van der Waals surface area contributed by atoms with Crippen LogP contribution in [0, 0.1) is 0 Å². The summed E-state index contributed by atoms with van der Waals surface area (Å²) >= 11 is 6.15. The molecule has 0 spiro atoms. The van der Waals surface area contributed by atoms with Crippen LogP contribution in [0.1, 0.15) is 64.4 Å². The summed E-state index contributed by atoms with van der Waals surface area (Å²) in [6.07, 6.45) is 10.4. The van der Waals surface area contributed by atoms with Crippen molar-refractivity contribution in [3.63, 3.8) is 0 Å². The van der Waals surface area contributed by atoms with Crippen LogP contribution < -0.4 is 10.1 Å². The van der Waals surface area contributed by atoms with Gasteiger partial charge in [0.05, 0.1) is 11.6 Å². The highest BCUT2D eigenvalue weighted by Crippen LogP contribution is 2.19. The summed E-state index contributed by atoms with van der Waals surface area (Å²) in [5.41, 5.74) is 1.05. The normalized spacial score (nSPS) is 10.8. The fraction of sp³-hybridized carbons (Fsp3) is 0.706. The second-order valence-corrected chi connectivity index (χ2v) is 5.81. The molecule has 1 rings (SSSR count). The summed E-state index contributed by atoms with van der Waals surface area (Å²) in [6.45, 7) is 6.89. The molecule has 0 fully saturated rings. The van der Waals surface area contributed by atoms with Gasteiger partial charge in [-0.3, -0.25) is 0 Å². The number of hydrogen-bond donors (Lipinski definition) is 1. The molecule has 0 atom stereocenters. The van der Waals surface area contributed by atoms with Crippen LogP contribution >= 0.6 is 11.6 Å². The first-order chi connectivity index (χ1) is 10.3. The molecule has 0 aliphatic rings. The van der Waals surface area contributed by atoms with E-state index in [2.05, 4.69) is 24.1 Å². The predicted molar refractivity (Wildman–Crippen MR) is 90.1 cm³/mol. The molecule has 1 heterocycles. The molecule has 4 heteroatoms. The van der Waals surface area contributed by atoms with E-state index in [9.17, 15) is 0 Å². The number of aromatic nitrogens is 1. The van der Waals surface area contributed by atoms with Crippen molar-refractivity contribution in [2.75, 3.05) is 13.2 Å². The van der Waals surface area contributed by atoms with Crippen LogP contribution in [-0.4, -0.2) is 18.1 Å². The molecule has 1 N–H and O–H groups in total. The number of pyridine rings is 1. The highest BCUT2D eigenvalue weighted by molar-refractivity contribution is 6.31. The minimum Gasteiger partial charge on any atom is -0.478 e. The summed E-state index contributed by atoms with van der Waals surface area (Å²) < 4.78 is 5.72. The van der Waals surface area contributed by atoms with E-state index in [0.717, 1.165) is 38.1 Å². The fourth-order valence-electron chi connectivity index (χ4n) is 2.13. The van der Waals surface area contributed by atoms with Crippen molar-refractivity contribution in [2.45, 2.75) is 65.3 Å². The highest BCUT2D eigenvalue weighted by atomic mass is 35.5. The van der Waals surface area contributed by atoms with Crippen LogP contribution in [0.15, 0.2) is 12.3 Å². The number of hydrogen-bond acceptors (Lipinski definition) is 3. The SMILES string of the molecule is CCCCCCCCOc1cc(CNCCC)c(Cl)cn1. The van der Waals surface area contributed by atoms with Gasteiger partial charge >= 0.3 is 0 Å². The van der Waals surface area contributed by atoms with Crippen LogP contribution in [-0.2, 0) is 6.54 Å². The fourth-order valence-corrected chi connectivity index (χ4v) is 2.30. The Morgan fingerprint density at radius 2 is 1.86 bits per heavy atom. The molecular weight excluding hydrogens is 284 g/mol. The Morgan fingerprint density at radius 3 is 2.62 bits per heavy atom. The molecule has 0 saturated carbocycles. The van der Waals surface area contributed by atoms with Crippen molar-refractivity contribution in [2.24, 2.45) is 0 Å². The number of ether oxygens (including phenoxy) is 1. The van der Waals surface area contributed by atoms with Crippen LogP contribution in [0.4, 0.5) is 0 Å². The molecule has 0 radical (unpaired) electrons. The lowest BCUT2D eigenvalue weighted by Gasteiger charge is -2.09. The number of nitrogens with zero attached hydrogens (tertiary/aromatic N) is 1. The lowest BCUT2D eigenvalue weighted by molar-refractivity contribution is 0.293. The van der Waals surface area contributed by atoms with Crippen molar-refractivity contribution in [1.29, 1.82) is 0 Å². The molecule has 21 heavy (non-hydrogen) atoms. The van der Waals surface area contributed by atoms with E-state index < -0.39 is 0 Å². The molecule has 1 aromatic rings. The van der Waals surface area contributed by atoms with Crippen molar-refractivity contribution in [3.8, 4) is 5.88 Å². The lowest BCUT2D eigenvalue weighted by atomic mass is 10.1. The second kappa shape index (κ2) is 11.8.